The van der Waals surface area contributed by atoms with E-state index in [0.29, 0.717) is 24.5 Å². The van der Waals surface area contributed by atoms with Crippen LogP contribution in [0.2, 0.25) is 0 Å². The summed E-state index contributed by atoms with van der Waals surface area (Å²) in [4.78, 5) is 11.3. The number of aromatic hydroxyl groups is 1. The van der Waals surface area contributed by atoms with Crippen LogP contribution in [0.5, 0.6) is 11.5 Å². The van der Waals surface area contributed by atoms with Crippen molar-refractivity contribution in [2.24, 2.45) is 0 Å². The molecule has 0 spiro atoms. The minimum Gasteiger partial charge on any atom is -0.504 e. The first-order valence-electron chi connectivity index (χ1n) is 8.52. The summed E-state index contributed by atoms with van der Waals surface area (Å²) in [7, 11) is 0. The minimum absolute atomic E-state index is 0.0432. The predicted molar refractivity (Wildman–Crippen MR) is 102 cm³/mol. The van der Waals surface area contributed by atoms with Gasteiger partial charge in [-0.1, -0.05) is 23.3 Å². The molecule has 4 nitrogen and oxygen atoms in total. The van der Waals surface area contributed by atoms with Crippen LogP contribution in [0.15, 0.2) is 47.6 Å². The van der Waals surface area contributed by atoms with Gasteiger partial charge in [0.25, 0.3) is 0 Å². The Morgan fingerprint density at radius 2 is 1.96 bits per heavy atom. The van der Waals surface area contributed by atoms with Gasteiger partial charge < -0.3 is 14.6 Å². The van der Waals surface area contributed by atoms with Crippen LogP contribution in [0.25, 0.3) is 6.08 Å². The molecule has 0 saturated heterocycles. The summed E-state index contributed by atoms with van der Waals surface area (Å²) in [6.07, 6.45) is 9.18. The molecule has 0 aliphatic heterocycles. The van der Waals surface area contributed by atoms with Crippen molar-refractivity contribution in [1.29, 1.82) is 0 Å². The third kappa shape index (κ3) is 8.80. The van der Waals surface area contributed by atoms with Crippen LogP contribution >= 0.6 is 0 Å². The number of benzene rings is 1. The summed E-state index contributed by atoms with van der Waals surface area (Å²) in [5.41, 5.74) is 3.28. The van der Waals surface area contributed by atoms with Crippen molar-refractivity contribution in [2.45, 2.75) is 40.5 Å². The largest absolute Gasteiger partial charge is 0.504 e. The van der Waals surface area contributed by atoms with Gasteiger partial charge in [-0.2, -0.15) is 0 Å². The second-order valence-corrected chi connectivity index (χ2v) is 5.99. The Kier molecular flexibility index (Phi) is 9.15. The Labute approximate surface area is 150 Å². The highest BCUT2D eigenvalue weighted by atomic mass is 16.5. The molecular formula is C21H28O4. The molecule has 1 rings (SSSR count). The highest BCUT2D eigenvalue weighted by molar-refractivity contribution is 5.87. The van der Waals surface area contributed by atoms with Crippen molar-refractivity contribution < 1.29 is 19.4 Å². The van der Waals surface area contributed by atoms with Crippen LogP contribution in [0.1, 0.15) is 46.1 Å². The maximum atomic E-state index is 11.3. The van der Waals surface area contributed by atoms with E-state index in [1.54, 1.807) is 31.2 Å². The first-order valence-corrected chi connectivity index (χ1v) is 8.52. The lowest BCUT2D eigenvalue weighted by Gasteiger charge is -2.07. The maximum absolute atomic E-state index is 11.3. The quantitative estimate of drug-likeness (QED) is 0.387. The summed E-state index contributed by atoms with van der Waals surface area (Å²) in [5, 5.41) is 10.0. The summed E-state index contributed by atoms with van der Waals surface area (Å²) in [5.74, 6) is 0.0549. The Hall–Kier alpha value is -2.49. The van der Waals surface area contributed by atoms with Gasteiger partial charge in [0.15, 0.2) is 11.5 Å². The van der Waals surface area contributed by atoms with Crippen molar-refractivity contribution in [1.82, 2.24) is 0 Å². The van der Waals surface area contributed by atoms with Gasteiger partial charge >= 0.3 is 5.97 Å². The standard InChI is InChI=1S/C21H28O4/c1-5-24-21(23)12-10-18-9-11-20(19(22)15-18)25-14-13-17(4)8-6-7-16(2)3/h7,9-13,15,22H,5-6,8,14H2,1-4H3/b12-10+,17-13+. The van der Waals surface area contributed by atoms with E-state index < -0.39 is 5.97 Å². The van der Waals surface area contributed by atoms with Crippen LogP contribution in [-0.2, 0) is 9.53 Å². The fourth-order valence-electron chi connectivity index (χ4n) is 2.08. The lowest BCUT2D eigenvalue weighted by molar-refractivity contribution is -0.137. The van der Waals surface area contributed by atoms with Crippen LogP contribution in [0.3, 0.4) is 0 Å². The fourth-order valence-corrected chi connectivity index (χ4v) is 2.08. The Morgan fingerprint density at radius 3 is 2.60 bits per heavy atom. The number of esters is 1. The van der Waals surface area contributed by atoms with Gasteiger partial charge in [-0.3, -0.25) is 0 Å². The molecule has 0 aliphatic rings. The third-order valence-electron chi connectivity index (χ3n) is 3.44. The molecule has 136 valence electrons. The van der Waals surface area contributed by atoms with Crippen LogP contribution < -0.4 is 4.74 Å². The molecule has 1 aromatic carbocycles. The van der Waals surface area contributed by atoms with E-state index in [9.17, 15) is 9.90 Å². The van der Waals surface area contributed by atoms with Gasteiger partial charge in [0, 0.05) is 6.08 Å². The van der Waals surface area contributed by atoms with Crippen LogP contribution in [0, 0.1) is 0 Å². The zero-order chi connectivity index (χ0) is 18.7. The molecular weight excluding hydrogens is 316 g/mol. The molecule has 1 aromatic rings. The minimum atomic E-state index is -0.406. The van der Waals surface area contributed by atoms with Crippen molar-refractivity contribution in [2.75, 3.05) is 13.2 Å². The number of phenolic OH excluding ortho intramolecular Hbond substituents is 1. The molecule has 0 fully saturated rings. The van der Waals surface area contributed by atoms with E-state index in [2.05, 4.69) is 26.8 Å². The number of allylic oxidation sites excluding steroid dienone is 3. The van der Waals surface area contributed by atoms with Gasteiger partial charge in [0.1, 0.15) is 6.61 Å². The van der Waals surface area contributed by atoms with Crippen molar-refractivity contribution >= 4 is 12.0 Å². The van der Waals surface area contributed by atoms with Crippen LogP contribution in [0.4, 0.5) is 0 Å². The molecule has 0 radical (unpaired) electrons. The lowest BCUT2D eigenvalue weighted by Crippen LogP contribution is -1.98. The zero-order valence-electron chi connectivity index (χ0n) is 15.5. The molecule has 4 heteroatoms. The predicted octanol–water partition coefficient (Wildman–Crippen LogP) is 5.04. The van der Waals surface area contributed by atoms with E-state index in [0.717, 1.165) is 12.8 Å². The lowest BCUT2D eigenvalue weighted by atomic mass is 10.1. The number of hydrogen-bond donors (Lipinski definition) is 1. The molecule has 0 aliphatic carbocycles. The molecule has 0 heterocycles. The van der Waals surface area contributed by atoms with Gasteiger partial charge in [-0.05, 0) is 70.4 Å². The highest BCUT2D eigenvalue weighted by Gasteiger charge is 2.03. The summed E-state index contributed by atoms with van der Waals surface area (Å²) < 4.78 is 10.4. The monoisotopic (exact) mass is 344 g/mol. The summed E-state index contributed by atoms with van der Waals surface area (Å²) >= 11 is 0. The number of hydrogen-bond acceptors (Lipinski definition) is 4. The highest BCUT2D eigenvalue weighted by Crippen LogP contribution is 2.27. The Balaban J connectivity index is 2.55. The van der Waals surface area contributed by atoms with Gasteiger partial charge in [-0.25, -0.2) is 4.79 Å². The maximum Gasteiger partial charge on any atom is 0.330 e. The van der Waals surface area contributed by atoms with Crippen LogP contribution in [-0.4, -0.2) is 24.3 Å². The topological polar surface area (TPSA) is 55.8 Å². The molecule has 25 heavy (non-hydrogen) atoms. The first-order chi connectivity index (χ1) is 11.9. The number of carbonyl (C=O) groups is 1. The Morgan fingerprint density at radius 1 is 1.20 bits per heavy atom. The molecule has 0 saturated carbocycles. The molecule has 0 amide bonds. The normalized spacial score (nSPS) is 11.4. The molecule has 0 atom stereocenters. The summed E-state index contributed by atoms with van der Waals surface area (Å²) in [6.45, 7) is 8.76. The number of carbonyl (C=O) groups excluding carboxylic acids is 1. The first kappa shape index (κ1) is 20.6. The number of ether oxygens (including phenoxy) is 2. The SMILES string of the molecule is CCOC(=O)/C=C/c1ccc(OC/C=C(\C)CCC=C(C)C)c(O)c1. The van der Waals surface area contributed by atoms with E-state index in [1.807, 2.05) is 6.08 Å². The van der Waals surface area contributed by atoms with Crippen molar-refractivity contribution in [3.63, 3.8) is 0 Å². The van der Waals surface area contributed by atoms with E-state index in [-0.39, 0.29) is 5.75 Å². The van der Waals surface area contributed by atoms with Crippen molar-refractivity contribution in [3.05, 3.63) is 53.1 Å². The van der Waals surface area contributed by atoms with Crippen molar-refractivity contribution in [3.8, 4) is 11.5 Å². The third-order valence-corrected chi connectivity index (χ3v) is 3.44. The second kappa shape index (κ2) is 11.1. The zero-order valence-corrected chi connectivity index (χ0v) is 15.5. The van der Waals surface area contributed by atoms with Gasteiger partial charge in [0.05, 0.1) is 6.61 Å². The van der Waals surface area contributed by atoms with E-state index >= 15 is 0 Å². The van der Waals surface area contributed by atoms with E-state index in [1.165, 1.54) is 17.2 Å². The average molecular weight is 344 g/mol. The van der Waals surface area contributed by atoms with Gasteiger partial charge in [-0.15, -0.1) is 0 Å². The average Bonchev–Trinajstić information content (AvgIpc) is 2.54. The molecule has 0 aromatic heterocycles. The summed E-state index contributed by atoms with van der Waals surface area (Å²) in [6, 6.07) is 5.01. The molecule has 0 bridgehead atoms. The number of phenols is 1. The molecule has 0 unspecified atom stereocenters. The van der Waals surface area contributed by atoms with E-state index in [4.69, 9.17) is 9.47 Å². The molecule has 1 N–H and O–H groups in total. The second-order valence-electron chi connectivity index (χ2n) is 5.99. The smallest absolute Gasteiger partial charge is 0.330 e. The fraction of sp³-hybridized carbons (Fsp3) is 0.381. The Bertz CT molecular complexity index is 650. The van der Waals surface area contributed by atoms with Gasteiger partial charge in [0.2, 0.25) is 0 Å². The number of rotatable bonds is 9.